The summed E-state index contributed by atoms with van der Waals surface area (Å²) in [5, 5.41) is 1.68. The van der Waals surface area contributed by atoms with E-state index in [9.17, 15) is 0 Å². The van der Waals surface area contributed by atoms with Crippen LogP contribution in [0.25, 0.3) is 11.0 Å². The molecule has 0 spiro atoms. The molecule has 142 valence electrons. The lowest BCUT2D eigenvalue weighted by Gasteiger charge is -2.17. The van der Waals surface area contributed by atoms with E-state index in [4.69, 9.17) is 11.6 Å². The van der Waals surface area contributed by atoms with E-state index in [2.05, 4.69) is 63.2 Å². The molecule has 5 nitrogen and oxygen atoms in total. The smallest absolute Gasteiger partial charge is 0.137 e. The van der Waals surface area contributed by atoms with Crippen molar-refractivity contribution in [2.75, 3.05) is 19.0 Å². The normalized spacial score (nSPS) is 11.1. The first kappa shape index (κ1) is 18.4. The quantitative estimate of drug-likeness (QED) is 0.527. The predicted octanol–water partition coefficient (Wildman–Crippen LogP) is 4.45. The first-order valence-electron chi connectivity index (χ1n) is 9.26. The zero-order chi connectivity index (χ0) is 19.5. The number of rotatable bonds is 6. The van der Waals surface area contributed by atoms with Crippen molar-refractivity contribution >= 4 is 28.3 Å². The van der Waals surface area contributed by atoms with Crippen LogP contribution in [0, 0.1) is 0 Å². The van der Waals surface area contributed by atoms with Gasteiger partial charge in [-0.05, 0) is 35.2 Å². The maximum Gasteiger partial charge on any atom is 0.137 e. The Balaban J connectivity index is 1.45. The third-order valence-corrected chi connectivity index (χ3v) is 5.03. The summed E-state index contributed by atoms with van der Waals surface area (Å²) in [5.74, 6) is 0.862. The van der Waals surface area contributed by atoms with Crippen LogP contribution in [0.5, 0.6) is 0 Å². The topological polar surface area (TPSA) is 57.7 Å². The van der Waals surface area contributed by atoms with Crippen molar-refractivity contribution in [3.63, 3.8) is 0 Å². The van der Waals surface area contributed by atoms with Crippen molar-refractivity contribution in [1.29, 1.82) is 0 Å². The minimum absolute atomic E-state index is 0.637. The lowest BCUT2D eigenvalue weighted by atomic mass is 10.1. The lowest BCUT2D eigenvalue weighted by Crippen LogP contribution is -2.11. The molecule has 0 bridgehead atoms. The van der Waals surface area contributed by atoms with Gasteiger partial charge in [-0.15, -0.1) is 0 Å². The zero-order valence-electron chi connectivity index (χ0n) is 16.0. The summed E-state index contributed by atoms with van der Waals surface area (Å²) in [6.45, 7) is 0. The Labute approximate surface area is 169 Å². The van der Waals surface area contributed by atoms with E-state index in [0.717, 1.165) is 47.2 Å². The largest absolute Gasteiger partial charge is 0.377 e. The standard InChI is InChI=1S/C22H22ClN5/c1-28(2)20-6-4-3-5-16(20)7-8-21-24-11-15(12-25-21)9-17-13-26-22-19(17)10-18(23)14-27-22/h3-6,10-14H,7-9H2,1-2H3,(H,26,27). The van der Waals surface area contributed by atoms with Gasteiger partial charge in [0.05, 0.1) is 5.02 Å². The molecule has 3 aromatic heterocycles. The van der Waals surface area contributed by atoms with Gasteiger partial charge in [-0.1, -0.05) is 29.8 Å². The summed E-state index contributed by atoms with van der Waals surface area (Å²) in [4.78, 5) is 18.8. The fourth-order valence-electron chi connectivity index (χ4n) is 3.41. The van der Waals surface area contributed by atoms with E-state index in [1.165, 1.54) is 11.3 Å². The van der Waals surface area contributed by atoms with Crippen LogP contribution in [0.15, 0.2) is 55.1 Å². The number of pyridine rings is 1. The number of fused-ring (bicyclic) bond motifs is 1. The Bertz CT molecular complexity index is 1090. The number of anilines is 1. The van der Waals surface area contributed by atoms with Crippen molar-refractivity contribution in [3.05, 3.63) is 82.7 Å². The number of hydrogen-bond acceptors (Lipinski definition) is 4. The highest BCUT2D eigenvalue weighted by molar-refractivity contribution is 6.31. The van der Waals surface area contributed by atoms with Crippen molar-refractivity contribution in [1.82, 2.24) is 19.9 Å². The fraction of sp³-hybridized carbons (Fsp3) is 0.227. The van der Waals surface area contributed by atoms with Gasteiger partial charge in [0.25, 0.3) is 0 Å². The van der Waals surface area contributed by atoms with E-state index < -0.39 is 0 Å². The molecule has 0 atom stereocenters. The Kier molecular flexibility index (Phi) is 5.26. The molecule has 0 unspecified atom stereocenters. The molecule has 0 radical (unpaired) electrons. The second-order valence-electron chi connectivity index (χ2n) is 7.07. The third-order valence-electron chi connectivity index (χ3n) is 4.83. The van der Waals surface area contributed by atoms with E-state index in [1.54, 1.807) is 6.20 Å². The van der Waals surface area contributed by atoms with Crippen LogP contribution < -0.4 is 4.90 Å². The average Bonchev–Trinajstić information content (AvgIpc) is 3.09. The second-order valence-corrected chi connectivity index (χ2v) is 7.51. The number of H-pyrrole nitrogens is 1. The summed E-state index contributed by atoms with van der Waals surface area (Å²) >= 11 is 6.08. The molecule has 0 aliphatic carbocycles. The Hall–Kier alpha value is -2.92. The molecule has 1 N–H and O–H groups in total. The molecule has 3 heterocycles. The molecule has 0 aliphatic heterocycles. The molecule has 4 aromatic rings. The van der Waals surface area contributed by atoms with E-state index in [0.29, 0.717) is 5.02 Å². The van der Waals surface area contributed by atoms with E-state index >= 15 is 0 Å². The third kappa shape index (κ3) is 3.99. The zero-order valence-corrected chi connectivity index (χ0v) is 16.7. The molecular weight excluding hydrogens is 370 g/mol. The molecule has 6 heteroatoms. The van der Waals surface area contributed by atoms with Crippen LogP contribution in [0.1, 0.15) is 22.5 Å². The van der Waals surface area contributed by atoms with Gasteiger partial charge in [-0.25, -0.2) is 15.0 Å². The first-order chi connectivity index (χ1) is 13.6. The minimum Gasteiger partial charge on any atom is -0.377 e. The Morgan fingerprint density at radius 1 is 0.964 bits per heavy atom. The minimum atomic E-state index is 0.637. The highest BCUT2D eigenvalue weighted by atomic mass is 35.5. The van der Waals surface area contributed by atoms with Crippen molar-refractivity contribution in [2.24, 2.45) is 0 Å². The van der Waals surface area contributed by atoms with E-state index in [1.807, 2.05) is 24.7 Å². The summed E-state index contributed by atoms with van der Waals surface area (Å²) in [6.07, 6.45) is 9.93. The molecule has 4 rings (SSSR count). The lowest BCUT2D eigenvalue weighted by molar-refractivity contribution is 0.846. The number of aromatic nitrogens is 4. The highest BCUT2D eigenvalue weighted by Gasteiger charge is 2.08. The van der Waals surface area contributed by atoms with Gasteiger partial charge < -0.3 is 9.88 Å². The second kappa shape index (κ2) is 7.98. The summed E-state index contributed by atoms with van der Waals surface area (Å²) in [6, 6.07) is 10.4. The fourth-order valence-corrected chi connectivity index (χ4v) is 3.56. The van der Waals surface area contributed by atoms with Gasteiger partial charge in [-0.2, -0.15) is 0 Å². The number of benzene rings is 1. The van der Waals surface area contributed by atoms with Gasteiger partial charge >= 0.3 is 0 Å². The van der Waals surface area contributed by atoms with Crippen LogP contribution in [0.3, 0.4) is 0 Å². The van der Waals surface area contributed by atoms with Crippen LogP contribution in [0.2, 0.25) is 5.02 Å². The molecule has 0 saturated carbocycles. The SMILES string of the molecule is CN(C)c1ccccc1CCc1ncc(Cc2c[nH]c3ncc(Cl)cc23)cn1. The summed E-state index contributed by atoms with van der Waals surface area (Å²) < 4.78 is 0. The number of hydrogen-bond donors (Lipinski definition) is 1. The summed E-state index contributed by atoms with van der Waals surface area (Å²) in [7, 11) is 4.13. The summed E-state index contributed by atoms with van der Waals surface area (Å²) in [5.41, 5.74) is 5.60. The molecule has 0 fully saturated rings. The Morgan fingerprint density at radius 2 is 1.75 bits per heavy atom. The number of aromatic amines is 1. The average molecular weight is 392 g/mol. The molecule has 0 saturated heterocycles. The van der Waals surface area contributed by atoms with Crippen LogP contribution in [0.4, 0.5) is 5.69 Å². The molecule has 1 aromatic carbocycles. The number of nitrogens with zero attached hydrogens (tertiary/aromatic N) is 4. The monoisotopic (exact) mass is 391 g/mol. The molecular formula is C22H22ClN5. The number of halogens is 1. The van der Waals surface area contributed by atoms with Crippen LogP contribution in [-0.4, -0.2) is 34.0 Å². The number of aryl methyl sites for hydroxylation is 2. The van der Waals surface area contributed by atoms with Gasteiger partial charge in [0.2, 0.25) is 0 Å². The molecule has 28 heavy (non-hydrogen) atoms. The number of para-hydroxylation sites is 1. The van der Waals surface area contributed by atoms with Gasteiger partial charge in [0, 0.05) is 62.8 Å². The predicted molar refractivity (Wildman–Crippen MR) is 114 cm³/mol. The Morgan fingerprint density at radius 3 is 2.54 bits per heavy atom. The maximum absolute atomic E-state index is 6.08. The maximum atomic E-state index is 6.08. The van der Waals surface area contributed by atoms with Crippen LogP contribution >= 0.6 is 11.6 Å². The van der Waals surface area contributed by atoms with Gasteiger partial charge in [-0.3, -0.25) is 0 Å². The van der Waals surface area contributed by atoms with Gasteiger partial charge in [0.15, 0.2) is 0 Å². The first-order valence-corrected chi connectivity index (χ1v) is 9.64. The van der Waals surface area contributed by atoms with E-state index in [-0.39, 0.29) is 0 Å². The molecule has 0 aliphatic rings. The van der Waals surface area contributed by atoms with Gasteiger partial charge in [0.1, 0.15) is 11.5 Å². The molecule has 0 amide bonds. The van der Waals surface area contributed by atoms with Crippen molar-refractivity contribution < 1.29 is 0 Å². The van der Waals surface area contributed by atoms with Crippen LogP contribution in [-0.2, 0) is 19.3 Å². The van der Waals surface area contributed by atoms with Crippen molar-refractivity contribution in [3.8, 4) is 0 Å². The van der Waals surface area contributed by atoms with Crippen molar-refractivity contribution in [2.45, 2.75) is 19.3 Å². The number of nitrogens with one attached hydrogen (secondary N) is 1. The highest BCUT2D eigenvalue weighted by Crippen LogP contribution is 2.23.